The van der Waals surface area contributed by atoms with Gasteiger partial charge >= 0.3 is 0 Å². The molecule has 0 amide bonds. The number of methoxy groups -OCH3 is 1. The third kappa shape index (κ3) is 3.48. The summed E-state index contributed by atoms with van der Waals surface area (Å²) in [7, 11) is -2.03. The smallest absolute Gasteiger partial charge is 0.241 e. The molecule has 22 heavy (non-hydrogen) atoms. The second-order valence-corrected chi connectivity index (χ2v) is 6.99. The van der Waals surface area contributed by atoms with Crippen molar-refractivity contribution in [2.45, 2.75) is 31.7 Å². The van der Waals surface area contributed by atoms with E-state index < -0.39 is 10.0 Å². The fourth-order valence-corrected chi connectivity index (χ4v) is 4.24. The van der Waals surface area contributed by atoms with E-state index in [1.54, 1.807) is 33.1 Å². The maximum atomic E-state index is 12.7. The van der Waals surface area contributed by atoms with Crippen molar-refractivity contribution in [3.63, 3.8) is 0 Å². The van der Waals surface area contributed by atoms with Gasteiger partial charge in [0.25, 0.3) is 0 Å². The third-order valence-corrected chi connectivity index (χ3v) is 5.42. The van der Waals surface area contributed by atoms with Crippen LogP contribution in [0, 0.1) is 13.8 Å². The zero-order valence-electron chi connectivity index (χ0n) is 13.3. The number of hydrogen-bond donors (Lipinski definition) is 1. The summed E-state index contributed by atoms with van der Waals surface area (Å²) in [5.74, 6) is 0.657. The van der Waals surface area contributed by atoms with Crippen LogP contribution in [0.25, 0.3) is 0 Å². The van der Waals surface area contributed by atoms with Gasteiger partial charge < -0.3 is 4.74 Å². The van der Waals surface area contributed by atoms with Gasteiger partial charge in [-0.1, -0.05) is 30.3 Å². The Balaban J connectivity index is 2.35. The number of hydrogen-bond acceptors (Lipinski definition) is 3. The van der Waals surface area contributed by atoms with Crippen LogP contribution in [0.5, 0.6) is 5.75 Å². The van der Waals surface area contributed by atoms with E-state index in [0.717, 1.165) is 5.56 Å². The molecule has 118 valence electrons. The third-order valence-electron chi connectivity index (χ3n) is 3.57. The van der Waals surface area contributed by atoms with E-state index in [0.29, 0.717) is 21.8 Å². The molecular weight excluding hydrogens is 298 g/mol. The summed E-state index contributed by atoms with van der Waals surface area (Å²) in [5, 5.41) is 0. The molecule has 0 spiro atoms. The van der Waals surface area contributed by atoms with Gasteiger partial charge in [0, 0.05) is 6.04 Å². The van der Waals surface area contributed by atoms with Gasteiger partial charge in [-0.05, 0) is 49.6 Å². The van der Waals surface area contributed by atoms with E-state index in [4.69, 9.17) is 4.74 Å². The van der Waals surface area contributed by atoms with Gasteiger partial charge in [0.15, 0.2) is 0 Å². The highest BCUT2D eigenvalue weighted by molar-refractivity contribution is 7.89. The Morgan fingerprint density at radius 3 is 2.09 bits per heavy atom. The van der Waals surface area contributed by atoms with Crippen LogP contribution >= 0.6 is 0 Å². The molecule has 1 atom stereocenters. The molecule has 1 N–H and O–H groups in total. The molecule has 0 aliphatic carbocycles. The summed E-state index contributed by atoms with van der Waals surface area (Å²) in [6.45, 7) is 5.38. The summed E-state index contributed by atoms with van der Waals surface area (Å²) < 4.78 is 33.3. The fraction of sp³-hybridized carbons (Fsp3) is 0.294. The Morgan fingerprint density at radius 2 is 1.59 bits per heavy atom. The molecule has 0 unspecified atom stereocenters. The van der Waals surface area contributed by atoms with Crippen molar-refractivity contribution >= 4 is 10.0 Å². The first-order chi connectivity index (χ1) is 10.3. The normalized spacial score (nSPS) is 12.9. The number of nitrogens with one attached hydrogen (secondary N) is 1. The largest absolute Gasteiger partial charge is 0.497 e. The van der Waals surface area contributed by atoms with E-state index in [1.807, 2.05) is 37.3 Å². The zero-order valence-corrected chi connectivity index (χ0v) is 14.1. The number of rotatable bonds is 5. The Labute approximate surface area is 132 Å². The van der Waals surface area contributed by atoms with E-state index in [9.17, 15) is 8.42 Å². The molecule has 0 bridgehead atoms. The van der Waals surface area contributed by atoms with Crippen LogP contribution in [0.2, 0.25) is 0 Å². The summed E-state index contributed by atoms with van der Waals surface area (Å²) >= 11 is 0. The molecular formula is C17H21NO3S. The molecule has 4 nitrogen and oxygen atoms in total. The van der Waals surface area contributed by atoms with Gasteiger partial charge in [0.1, 0.15) is 5.75 Å². The Bertz CT molecular complexity index is 732. The number of benzene rings is 2. The van der Waals surface area contributed by atoms with Crippen molar-refractivity contribution in [3.8, 4) is 5.75 Å². The van der Waals surface area contributed by atoms with Gasteiger partial charge in [0.05, 0.1) is 12.0 Å². The molecule has 0 heterocycles. The maximum Gasteiger partial charge on any atom is 0.241 e. The van der Waals surface area contributed by atoms with Crippen LogP contribution in [-0.2, 0) is 10.0 Å². The molecule has 0 aromatic heterocycles. The van der Waals surface area contributed by atoms with Crippen LogP contribution in [-0.4, -0.2) is 15.5 Å². The quantitative estimate of drug-likeness (QED) is 0.919. The summed E-state index contributed by atoms with van der Waals surface area (Å²) in [5.41, 5.74) is 2.27. The molecule has 2 rings (SSSR count). The fourth-order valence-electron chi connectivity index (χ4n) is 2.55. The predicted molar refractivity (Wildman–Crippen MR) is 87.6 cm³/mol. The van der Waals surface area contributed by atoms with E-state index >= 15 is 0 Å². The molecule has 2 aromatic carbocycles. The standard InChI is InChI=1S/C17H21NO3S/c1-12-10-16(21-4)11-13(2)17(12)22(19,20)18-14(3)15-8-6-5-7-9-15/h5-11,14,18H,1-4H3/t14-/m1/s1. The highest BCUT2D eigenvalue weighted by Crippen LogP contribution is 2.27. The van der Waals surface area contributed by atoms with Crippen molar-refractivity contribution in [2.24, 2.45) is 0 Å². The minimum Gasteiger partial charge on any atom is -0.497 e. The lowest BCUT2D eigenvalue weighted by molar-refractivity contribution is 0.413. The van der Waals surface area contributed by atoms with Crippen LogP contribution in [0.15, 0.2) is 47.4 Å². The van der Waals surface area contributed by atoms with Crippen LogP contribution in [0.1, 0.15) is 29.7 Å². The maximum absolute atomic E-state index is 12.7. The average molecular weight is 319 g/mol. The molecule has 5 heteroatoms. The SMILES string of the molecule is COc1cc(C)c(S(=O)(=O)N[C@H](C)c2ccccc2)c(C)c1. The second kappa shape index (κ2) is 6.50. The highest BCUT2D eigenvalue weighted by Gasteiger charge is 2.23. The van der Waals surface area contributed by atoms with Gasteiger partial charge in [-0.25, -0.2) is 13.1 Å². The average Bonchev–Trinajstić information content (AvgIpc) is 2.46. The molecule has 0 radical (unpaired) electrons. The van der Waals surface area contributed by atoms with Gasteiger partial charge in [-0.3, -0.25) is 0 Å². The van der Waals surface area contributed by atoms with Crippen molar-refractivity contribution in [1.82, 2.24) is 4.72 Å². The minimum atomic E-state index is -3.60. The van der Waals surface area contributed by atoms with Crippen LogP contribution < -0.4 is 9.46 Å². The minimum absolute atomic E-state index is 0.299. The van der Waals surface area contributed by atoms with Gasteiger partial charge in [-0.2, -0.15) is 0 Å². The lowest BCUT2D eigenvalue weighted by atomic mass is 10.1. The highest BCUT2D eigenvalue weighted by atomic mass is 32.2. The molecule has 0 saturated carbocycles. The zero-order chi connectivity index (χ0) is 16.3. The van der Waals surface area contributed by atoms with Gasteiger partial charge in [0.2, 0.25) is 10.0 Å². The number of sulfonamides is 1. The monoisotopic (exact) mass is 319 g/mol. The Kier molecular flexibility index (Phi) is 4.88. The molecule has 2 aromatic rings. The molecule has 0 aliphatic heterocycles. The molecule has 0 saturated heterocycles. The first-order valence-electron chi connectivity index (χ1n) is 7.07. The molecule has 0 aliphatic rings. The lowest BCUT2D eigenvalue weighted by Crippen LogP contribution is -2.28. The Morgan fingerprint density at radius 1 is 1.05 bits per heavy atom. The summed E-state index contributed by atoms with van der Waals surface area (Å²) in [4.78, 5) is 0.316. The van der Waals surface area contributed by atoms with E-state index in [-0.39, 0.29) is 6.04 Å². The summed E-state index contributed by atoms with van der Waals surface area (Å²) in [6.07, 6.45) is 0. The topological polar surface area (TPSA) is 55.4 Å². The molecule has 0 fully saturated rings. The number of ether oxygens (including phenoxy) is 1. The first kappa shape index (κ1) is 16.5. The Hall–Kier alpha value is -1.85. The van der Waals surface area contributed by atoms with E-state index in [2.05, 4.69) is 4.72 Å². The van der Waals surface area contributed by atoms with E-state index in [1.165, 1.54) is 0 Å². The lowest BCUT2D eigenvalue weighted by Gasteiger charge is -2.18. The van der Waals surface area contributed by atoms with Gasteiger partial charge in [-0.15, -0.1) is 0 Å². The van der Waals surface area contributed by atoms with Crippen LogP contribution in [0.3, 0.4) is 0 Å². The number of aryl methyl sites for hydroxylation is 2. The van der Waals surface area contributed by atoms with Crippen molar-refractivity contribution < 1.29 is 13.2 Å². The second-order valence-electron chi connectivity index (χ2n) is 5.34. The van der Waals surface area contributed by atoms with Crippen molar-refractivity contribution in [2.75, 3.05) is 7.11 Å². The van der Waals surface area contributed by atoms with Crippen molar-refractivity contribution in [3.05, 3.63) is 59.2 Å². The predicted octanol–water partition coefficient (Wildman–Crippen LogP) is 3.35. The summed E-state index contributed by atoms with van der Waals surface area (Å²) in [6, 6.07) is 12.7. The van der Waals surface area contributed by atoms with Crippen LogP contribution in [0.4, 0.5) is 0 Å². The first-order valence-corrected chi connectivity index (χ1v) is 8.56. The van der Waals surface area contributed by atoms with Crippen molar-refractivity contribution in [1.29, 1.82) is 0 Å².